The van der Waals surface area contributed by atoms with Crippen LogP contribution in [0.1, 0.15) is 52.2 Å². The van der Waals surface area contributed by atoms with Crippen LogP contribution in [0.25, 0.3) is 0 Å². The van der Waals surface area contributed by atoms with Crippen molar-refractivity contribution in [2.75, 3.05) is 0 Å². The van der Waals surface area contributed by atoms with Gasteiger partial charge in [0, 0.05) is 40.1 Å². The summed E-state index contributed by atoms with van der Waals surface area (Å²) in [5, 5.41) is 8.23. The quantitative estimate of drug-likeness (QED) is 0.900. The highest BCUT2D eigenvalue weighted by molar-refractivity contribution is 7.12. The van der Waals surface area contributed by atoms with Gasteiger partial charge >= 0.3 is 0 Å². The molecule has 2 aromatic heterocycles. The van der Waals surface area contributed by atoms with Gasteiger partial charge in [0.2, 0.25) is 0 Å². The molecule has 0 aromatic carbocycles. The highest BCUT2D eigenvalue weighted by Crippen LogP contribution is 2.24. The summed E-state index contributed by atoms with van der Waals surface area (Å²) in [5.74, 6) is 0. The number of nitrogens with one attached hydrogen (secondary N) is 1. The normalized spacial score (nSPS) is 12.9. The molecule has 2 heterocycles. The smallest absolute Gasteiger partial charge is 0.0644 e. The van der Waals surface area contributed by atoms with Crippen LogP contribution < -0.4 is 5.32 Å². The van der Waals surface area contributed by atoms with Crippen LogP contribution in [-0.4, -0.2) is 9.78 Å². The van der Waals surface area contributed by atoms with Gasteiger partial charge in [-0.2, -0.15) is 5.10 Å². The molecule has 0 aliphatic heterocycles. The second kappa shape index (κ2) is 6.10. The molecule has 0 bridgehead atoms. The average molecular weight is 291 g/mol. The zero-order valence-electron chi connectivity index (χ0n) is 13.4. The minimum atomic E-state index is 0.331. The predicted octanol–water partition coefficient (Wildman–Crippen LogP) is 4.05. The van der Waals surface area contributed by atoms with Crippen LogP contribution in [0.15, 0.2) is 6.07 Å². The van der Waals surface area contributed by atoms with Gasteiger partial charge < -0.3 is 5.32 Å². The Morgan fingerprint density at radius 3 is 2.50 bits per heavy atom. The topological polar surface area (TPSA) is 29.9 Å². The molecule has 0 radical (unpaired) electrons. The molecule has 20 heavy (non-hydrogen) atoms. The monoisotopic (exact) mass is 291 g/mol. The minimum absolute atomic E-state index is 0.331. The second-order valence-corrected chi connectivity index (χ2v) is 6.80. The van der Waals surface area contributed by atoms with E-state index in [9.17, 15) is 0 Å². The maximum atomic E-state index is 4.60. The molecular formula is C16H25N3S. The Balaban J connectivity index is 2.08. The van der Waals surface area contributed by atoms with Crippen molar-refractivity contribution in [3.05, 3.63) is 38.3 Å². The van der Waals surface area contributed by atoms with Gasteiger partial charge in [-0.25, -0.2) is 0 Å². The average Bonchev–Trinajstić information content (AvgIpc) is 2.87. The van der Waals surface area contributed by atoms with E-state index >= 15 is 0 Å². The number of nitrogens with zero attached hydrogens (tertiary/aromatic N) is 2. The van der Waals surface area contributed by atoms with Gasteiger partial charge in [-0.3, -0.25) is 4.68 Å². The summed E-state index contributed by atoms with van der Waals surface area (Å²) < 4.78 is 2.09. The van der Waals surface area contributed by atoms with Crippen LogP contribution in [0, 0.1) is 27.7 Å². The van der Waals surface area contributed by atoms with E-state index in [2.05, 4.69) is 62.7 Å². The molecule has 0 saturated carbocycles. The molecule has 4 heteroatoms. The van der Waals surface area contributed by atoms with Gasteiger partial charge in [0.15, 0.2) is 0 Å². The second-order valence-electron chi connectivity index (χ2n) is 5.45. The van der Waals surface area contributed by atoms with E-state index in [0.29, 0.717) is 6.04 Å². The largest absolute Gasteiger partial charge is 0.305 e. The lowest BCUT2D eigenvalue weighted by atomic mass is 10.1. The SMILES string of the molecule is CCn1nc(C)c(C(C)NCc2cc(C)c(C)s2)c1C. The van der Waals surface area contributed by atoms with Crippen molar-refractivity contribution in [1.82, 2.24) is 15.1 Å². The zero-order valence-corrected chi connectivity index (χ0v) is 14.2. The number of aryl methyl sites for hydroxylation is 4. The lowest BCUT2D eigenvalue weighted by molar-refractivity contribution is 0.570. The molecule has 0 aliphatic rings. The molecule has 2 aromatic rings. The van der Waals surface area contributed by atoms with Crippen LogP contribution >= 0.6 is 11.3 Å². The van der Waals surface area contributed by atoms with E-state index in [1.165, 1.54) is 26.6 Å². The van der Waals surface area contributed by atoms with E-state index < -0.39 is 0 Å². The molecule has 0 spiro atoms. The molecule has 0 aliphatic carbocycles. The summed E-state index contributed by atoms with van der Waals surface area (Å²) >= 11 is 1.89. The molecular weight excluding hydrogens is 266 g/mol. The first-order chi connectivity index (χ1) is 9.43. The molecule has 1 atom stereocenters. The fourth-order valence-electron chi connectivity index (χ4n) is 2.74. The third-order valence-corrected chi connectivity index (χ3v) is 5.12. The number of rotatable bonds is 5. The Hall–Kier alpha value is -1.13. The fraction of sp³-hybridized carbons (Fsp3) is 0.562. The summed E-state index contributed by atoms with van der Waals surface area (Å²) in [6, 6.07) is 2.62. The molecule has 0 saturated heterocycles. The van der Waals surface area contributed by atoms with Crippen molar-refractivity contribution in [2.45, 2.75) is 60.7 Å². The van der Waals surface area contributed by atoms with Crippen molar-refractivity contribution in [2.24, 2.45) is 0 Å². The molecule has 0 amide bonds. The molecule has 1 N–H and O–H groups in total. The number of aromatic nitrogens is 2. The van der Waals surface area contributed by atoms with Crippen LogP contribution in [0.3, 0.4) is 0 Å². The van der Waals surface area contributed by atoms with Crippen LogP contribution in [0.4, 0.5) is 0 Å². The van der Waals surface area contributed by atoms with E-state index in [1.807, 2.05) is 11.3 Å². The van der Waals surface area contributed by atoms with E-state index in [-0.39, 0.29) is 0 Å². The van der Waals surface area contributed by atoms with Crippen molar-refractivity contribution >= 4 is 11.3 Å². The molecule has 0 fully saturated rings. The lowest BCUT2D eigenvalue weighted by Gasteiger charge is -2.14. The predicted molar refractivity (Wildman–Crippen MR) is 86.4 cm³/mol. The van der Waals surface area contributed by atoms with E-state index in [0.717, 1.165) is 18.8 Å². The molecule has 3 nitrogen and oxygen atoms in total. The number of hydrogen-bond donors (Lipinski definition) is 1. The van der Waals surface area contributed by atoms with Gasteiger partial charge in [0.1, 0.15) is 0 Å². The standard InChI is InChI=1S/C16H25N3S/c1-7-19-13(5)16(12(4)18-19)11(3)17-9-15-8-10(2)14(6)20-15/h8,11,17H,7,9H2,1-6H3. The summed E-state index contributed by atoms with van der Waals surface area (Å²) in [6.07, 6.45) is 0. The maximum absolute atomic E-state index is 4.60. The minimum Gasteiger partial charge on any atom is -0.305 e. The summed E-state index contributed by atoms with van der Waals surface area (Å²) in [7, 11) is 0. The van der Waals surface area contributed by atoms with Gasteiger partial charge in [0.25, 0.3) is 0 Å². The van der Waals surface area contributed by atoms with Crippen molar-refractivity contribution < 1.29 is 0 Å². The Morgan fingerprint density at radius 2 is 2.00 bits per heavy atom. The van der Waals surface area contributed by atoms with Crippen molar-refractivity contribution in [3.63, 3.8) is 0 Å². The Kier molecular flexibility index (Phi) is 4.66. The summed E-state index contributed by atoms with van der Waals surface area (Å²) in [4.78, 5) is 2.82. The van der Waals surface area contributed by atoms with Crippen molar-refractivity contribution in [3.8, 4) is 0 Å². The van der Waals surface area contributed by atoms with Gasteiger partial charge in [0.05, 0.1) is 5.69 Å². The lowest BCUT2D eigenvalue weighted by Crippen LogP contribution is -2.18. The molecule has 110 valence electrons. The summed E-state index contributed by atoms with van der Waals surface area (Å²) in [6.45, 7) is 14.9. The van der Waals surface area contributed by atoms with Crippen LogP contribution in [0.5, 0.6) is 0 Å². The third-order valence-electron chi connectivity index (χ3n) is 3.97. The van der Waals surface area contributed by atoms with Crippen molar-refractivity contribution in [1.29, 1.82) is 0 Å². The highest BCUT2D eigenvalue weighted by Gasteiger charge is 2.16. The zero-order chi connectivity index (χ0) is 14.9. The Bertz CT molecular complexity index is 576. The van der Waals surface area contributed by atoms with Gasteiger partial charge in [-0.1, -0.05) is 0 Å². The summed E-state index contributed by atoms with van der Waals surface area (Å²) in [5.41, 5.74) is 5.16. The van der Waals surface area contributed by atoms with Crippen LogP contribution in [-0.2, 0) is 13.1 Å². The fourth-order valence-corrected chi connectivity index (χ4v) is 3.74. The third kappa shape index (κ3) is 2.96. The van der Waals surface area contributed by atoms with E-state index in [1.54, 1.807) is 0 Å². The van der Waals surface area contributed by atoms with Gasteiger partial charge in [-0.15, -0.1) is 11.3 Å². The molecule has 1 unspecified atom stereocenters. The molecule has 2 rings (SSSR count). The number of thiophene rings is 1. The number of hydrogen-bond acceptors (Lipinski definition) is 3. The highest BCUT2D eigenvalue weighted by atomic mass is 32.1. The Labute approximate surface area is 126 Å². The van der Waals surface area contributed by atoms with Gasteiger partial charge in [-0.05, 0) is 53.2 Å². The Morgan fingerprint density at radius 1 is 1.30 bits per heavy atom. The first kappa shape index (κ1) is 15.3. The first-order valence-electron chi connectivity index (χ1n) is 7.27. The van der Waals surface area contributed by atoms with E-state index in [4.69, 9.17) is 0 Å². The van der Waals surface area contributed by atoms with Crippen LogP contribution in [0.2, 0.25) is 0 Å². The maximum Gasteiger partial charge on any atom is 0.0644 e. The first-order valence-corrected chi connectivity index (χ1v) is 8.08.